The lowest BCUT2D eigenvalue weighted by molar-refractivity contribution is -0.140. The minimum Gasteiger partial charge on any atom is -0.445 e. The fourth-order valence-electron chi connectivity index (χ4n) is 4.07. The molecule has 36 heavy (non-hydrogen) atoms. The maximum Gasteiger partial charge on any atom is 0.408 e. The molecule has 9 heteroatoms. The number of ketones is 1. The van der Waals surface area contributed by atoms with Gasteiger partial charge in [-0.2, -0.15) is 0 Å². The molecule has 0 fully saturated rings. The highest BCUT2D eigenvalue weighted by Gasteiger charge is 2.32. The van der Waals surface area contributed by atoms with Crippen LogP contribution in [0.5, 0.6) is 0 Å². The highest BCUT2D eigenvalue weighted by molar-refractivity contribution is 6.38. The van der Waals surface area contributed by atoms with Gasteiger partial charge in [-0.3, -0.25) is 19.4 Å². The first-order valence-electron chi connectivity index (χ1n) is 12.4. The van der Waals surface area contributed by atoms with Crippen LogP contribution in [0.3, 0.4) is 0 Å². The molecule has 3 N–H and O–H groups in total. The van der Waals surface area contributed by atoms with Gasteiger partial charge in [0.2, 0.25) is 11.7 Å². The molecule has 3 rings (SSSR count). The number of rotatable bonds is 6. The lowest BCUT2D eigenvalue weighted by Gasteiger charge is -2.25. The quantitative estimate of drug-likeness (QED) is 0.530. The molecule has 3 amide bonds. The zero-order chi connectivity index (χ0) is 25.9. The fraction of sp³-hybridized carbons (Fsp3) is 0.444. The van der Waals surface area contributed by atoms with E-state index in [1.807, 2.05) is 36.4 Å². The average Bonchev–Trinajstić information content (AvgIpc) is 2.88. The van der Waals surface area contributed by atoms with Crippen molar-refractivity contribution < 1.29 is 23.9 Å². The van der Waals surface area contributed by atoms with E-state index in [0.29, 0.717) is 13.0 Å². The van der Waals surface area contributed by atoms with Gasteiger partial charge in [-0.25, -0.2) is 4.79 Å². The smallest absolute Gasteiger partial charge is 0.408 e. The number of ether oxygens (including phenoxy) is 1. The maximum atomic E-state index is 13.2. The Morgan fingerprint density at radius 1 is 1.08 bits per heavy atom. The molecule has 2 atom stereocenters. The second kappa shape index (κ2) is 13.4. The molecule has 1 aromatic heterocycles. The Kier molecular flexibility index (Phi) is 9.97. The van der Waals surface area contributed by atoms with Gasteiger partial charge < -0.3 is 20.7 Å². The number of Topliss-reactive ketones (excluding diaryl/α,β-unsaturated/α-hetero) is 1. The van der Waals surface area contributed by atoms with E-state index >= 15 is 0 Å². The van der Waals surface area contributed by atoms with Crippen molar-refractivity contribution in [1.82, 2.24) is 20.9 Å². The van der Waals surface area contributed by atoms with E-state index in [-0.39, 0.29) is 18.9 Å². The van der Waals surface area contributed by atoms with Crippen molar-refractivity contribution in [2.45, 2.75) is 64.6 Å². The third kappa shape index (κ3) is 7.90. The van der Waals surface area contributed by atoms with E-state index in [2.05, 4.69) is 20.9 Å². The molecule has 0 radical (unpaired) electrons. The third-order valence-corrected chi connectivity index (χ3v) is 6.16. The monoisotopic (exact) mass is 494 g/mol. The van der Waals surface area contributed by atoms with Crippen LogP contribution in [-0.4, -0.2) is 47.3 Å². The number of benzene rings is 1. The van der Waals surface area contributed by atoms with Crippen LogP contribution in [0.15, 0.2) is 48.8 Å². The number of carbonyl (C=O) groups is 4. The van der Waals surface area contributed by atoms with Crippen LogP contribution in [0.25, 0.3) is 0 Å². The number of aromatic nitrogens is 1. The molecular weight excluding hydrogens is 460 g/mol. The number of nitrogens with one attached hydrogen (secondary N) is 3. The van der Waals surface area contributed by atoms with Gasteiger partial charge in [0.15, 0.2) is 0 Å². The molecule has 0 saturated carbocycles. The van der Waals surface area contributed by atoms with Crippen LogP contribution in [0, 0.1) is 5.92 Å². The summed E-state index contributed by atoms with van der Waals surface area (Å²) >= 11 is 0. The number of amides is 3. The van der Waals surface area contributed by atoms with Gasteiger partial charge in [-0.1, -0.05) is 44.2 Å². The Labute approximate surface area is 211 Å². The Bertz CT molecular complexity index is 1060. The predicted octanol–water partition coefficient (Wildman–Crippen LogP) is 2.47. The summed E-state index contributed by atoms with van der Waals surface area (Å²) in [6.07, 6.45) is 5.96. The van der Waals surface area contributed by atoms with Gasteiger partial charge in [0, 0.05) is 18.9 Å². The van der Waals surface area contributed by atoms with E-state index in [0.717, 1.165) is 36.0 Å². The Morgan fingerprint density at radius 3 is 2.61 bits per heavy atom. The Morgan fingerprint density at radius 2 is 1.86 bits per heavy atom. The lowest BCUT2D eigenvalue weighted by Crippen LogP contribution is -2.55. The van der Waals surface area contributed by atoms with Crippen LogP contribution < -0.4 is 16.0 Å². The molecule has 2 aromatic rings. The number of nitrogens with zero attached hydrogens (tertiary/aromatic N) is 1. The van der Waals surface area contributed by atoms with Crippen molar-refractivity contribution in [2.75, 3.05) is 6.54 Å². The summed E-state index contributed by atoms with van der Waals surface area (Å²) in [6.45, 7) is 4.00. The Balaban J connectivity index is 1.68. The number of carbonyl (C=O) groups excluding carboxylic acids is 4. The molecule has 1 aliphatic rings. The topological polar surface area (TPSA) is 126 Å². The van der Waals surface area contributed by atoms with Crippen LogP contribution in [0.4, 0.5) is 4.79 Å². The van der Waals surface area contributed by atoms with Crippen molar-refractivity contribution in [3.8, 4) is 0 Å². The molecule has 1 aromatic carbocycles. The number of pyridine rings is 1. The molecule has 0 aliphatic carbocycles. The summed E-state index contributed by atoms with van der Waals surface area (Å²) in [5.41, 5.74) is 2.96. The number of hydrogen-bond donors (Lipinski definition) is 3. The van der Waals surface area contributed by atoms with E-state index in [1.165, 1.54) is 0 Å². The van der Waals surface area contributed by atoms with Crippen LogP contribution in [0.2, 0.25) is 0 Å². The van der Waals surface area contributed by atoms with E-state index in [1.54, 1.807) is 26.2 Å². The molecule has 2 unspecified atom stereocenters. The first kappa shape index (κ1) is 26.8. The van der Waals surface area contributed by atoms with Gasteiger partial charge >= 0.3 is 6.09 Å². The number of aryl methyl sites for hydroxylation is 2. The molecule has 9 nitrogen and oxygen atoms in total. The summed E-state index contributed by atoms with van der Waals surface area (Å²) in [5, 5.41) is 7.95. The zero-order valence-electron chi connectivity index (χ0n) is 20.8. The summed E-state index contributed by atoms with van der Waals surface area (Å²) < 4.78 is 5.25. The van der Waals surface area contributed by atoms with Crippen molar-refractivity contribution in [2.24, 2.45) is 5.92 Å². The summed E-state index contributed by atoms with van der Waals surface area (Å²) in [7, 11) is 0. The van der Waals surface area contributed by atoms with Crippen LogP contribution in [-0.2, 0) is 38.6 Å². The van der Waals surface area contributed by atoms with Gasteiger partial charge in [-0.05, 0) is 60.8 Å². The molecular formula is C27H34N4O5. The average molecular weight is 495 g/mol. The SMILES string of the molecule is CC(C)C(NC(=O)OCc1ccccc1)C(=O)NC1CCc2cnccc2CCCCNC(=O)C1=O. The molecule has 0 saturated heterocycles. The van der Waals surface area contributed by atoms with Gasteiger partial charge in [0.1, 0.15) is 12.6 Å². The molecule has 2 heterocycles. The predicted molar refractivity (Wildman–Crippen MR) is 134 cm³/mol. The second-order valence-electron chi connectivity index (χ2n) is 9.25. The van der Waals surface area contributed by atoms with Gasteiger partial charge in [0.25, 0.3) is 5.91 Å². The first-order chi connectivity index (χ1) is 17.3. The normalized spacial score (nSPS) is 17.6. The van der Waals surface area contributed by atoms with Crippen molar-refractivity contribution in [3.63, 3.8) is 0 Å². The maximum absolute atomic E-state index is 13.2. The lowest BCUT2D eigenvalue weighted by atomic mass is 9.95. The zero-order valence-corrected chi connectivity index (χ0v) is 20.8. The molecule has 0 spiro atoms. The Hall–Kier alpha value is -3.75. The number of fused-ring (bicyclic) bond motifs is 1. The number of hydrogen-bond acceptors (Lipinski definition) is 6. The summed E-state index contributed by atoms with van der Waals surface area (Å²) in [5.74, 6) is -2.26. The van der Waals surface area contributed by atoms with Crippen LogP contribution in [0.1, 0.15) is 49.8 Å². The third-order valence-electron chi connectivity index (χ3n) is 6.16. The van der Waals surface area contributed by atoms with Crippen molar-refractivity contribution in [1.29, 1.82) is 0 Å². The highest BCUT2D eigenvalue weighted by atomic mass is 16.5. The van der Waals surface area contributed by atoms with Gasteiger partial charge in [-0.15, -0.1) is 0 Å². The second-order valence-corrected chi connectivity index (χ2v) is 9.25. The van der Waals surface area contributed by atoms with Gasteiger partial charge in [0.05, 0.1) is 6.04 Å². The van der Waals surface area contributed by atoms with E-state index in [9.17, 15) is 19.2 Å². The largest absolute Gasteiger partial charge is 0.445 e. The molecule has 0 bridgehead atoms. The van der Waals surface area contributed by atoms with Crippen molar-refractivity contribution >= 4 is 23.7 Å². The van der Waals surface area contributed by atoms with E-state index < -0.39 is 35.8 Å². The summed E-state index contributed by atoms with van der Waals surface area (Å²) in [4.78, 5) is 55.1. The molecule has 192 valence electrons. The number of alkyl carbamates (subject to hydrolysis) is 1. The standard InChI is InChI=1S/C27H34N4O5/c1-18(2)23(31-27(35)36-17-19-8-4-3-5-9-19)25(33)30-22-12-11-21-16-28-15-13-20(21)10-6-7-14-29-26(34)24(22)32/h3-5,8-9,13,15-16,18,22-23H,6-7,10-12,14,17H2,1-2H3,(H,29,34)(H,30,33)(H,31,35). The molecule has 1 aliphatic heterocycles. The van der Waals surface area contributed by atoms with Crippen LogP contribution >= 0.6 is 0 Å². The fourth-order valence-corrected chi connectivity index (χ4v) is 4.07. The summed E-state index contributed by atoms with van der Waals surface area (Å²) in [6, 6.07) is 9.18. The minimum atomic E-state index is -1.03. The first-order valence-corrected chi connectivity index (χ1v) is 12.4. The van der Waals surface area contributed by atoms with E-state index in [4.69, 9.17) is 4.74 Å². The minimum absolute atomic E-state index is 0.0633. The highest BCUT2D eigenvalue weighted by Crippen LogP contribution is 2.15. The van der Waals surface area contributed by atoms with Crippen molar-refractivity contribution in [3.05, 3.63) is 65.5 Å².